The maximum Gasteiger partial charge on any atom is 0.416 e. The summed E-state index contributed by atoms with van der Waals surface area (Å²) in [6, 6.07) is 6.99. The zero-order valence-electron chi connectivity index (χ0n) is 9.72. The Morgan fingerprint density at radius 2 is 1.89 bits per heavy atom. The van der Waals surface area contributed by atoms with Crippen molar-refractivity contribution in [2.75, 3.05) is 0 Å². The lowest BCUT2D eigenvalue weighted by molar-refractivity contribution is -0.137. The Balaban J connectivity index is 2.50. The molecule has 19 heavy (non-hydrogen) atoms. The Kier molecular flexibility index (Phi) is 3.82. The maximum atomic E-state index is 12.7. The van der Waals surface area contributed by atoms with Crippen molar-refractivity contribution in [3.8, 4) is 10.4 Å². The number of hydrogen-bond donors (Lipinski definition) is 0. The summed E-state index contributed by atoms with van der Waals surface area (Å²) in [6.07, 6.45) is -4.39. The number of rotatable bonds is 2. The Hall–Kier alpha value is -1.14. The molecule has 0 unspecified atom stereocenters. The van der Waals surface area contributed by atoms with Gasteiger partial charge in [0.15, 0.2) is 5.78 Å². The van der Waals surface area contributed by atoms with Crippen LogP contribution in [0.1, 0.15) is 22.2 Å². The molecule has 0 spiro atoms. The van der Waals surface area contributed by atoms with Crippen LogP contribution in [0.25, 0.3) is 10.4 Å². The molecule has 0 aliphatic rings. The molecule has 1 aromatic heterocycles. The number of ketones is 1. The molecule has 0 N–H and O–H groups in total. The number of benzene rings is 1. The van der Waals surface area contributed by atoms with E-state index in [0.717, 1.165) is 12.1 Å². The van der Waals surface area contributed by atoms with Gasteiger partial charge in [-0.1, -0.05) is 15.9 Å². The molecule has 1 heterocycles. The number of halogens is 4. The summed E-state index contributed by atoms with van der Waals surface area (Å²) < 4.78 is 38.5. The van der Waals surface area contributed by atoms with Crippen LogP contribution in [0.15, 0.2) is 34.8 Å². The fourth-order valence-electron chi connectivity index (χ4n) is 1.58. The van der Waals surface area contributed by atoms with Crippen molar-refractivity contribution in [1.82, 2.24) is 0 Å². The van der Waals surface area contributed by atoms with Gasteiger partial charge in [0, 0.05) is 9.35 Å². The number of Topliss-reactive ketones (excluding diaryl/α,β-unsaturated/α-hetero) is 1. The van der Waals surface area contributed by atoms with E-state index in [0.29, 0.717) is 19.8 Å². The number of thiophene rings is 1. The van der Waals surface area contributed by atoms with Crippen LogP contribution < -0.4 is 0 Å². The molecule has 1 aromatic carbocycles. The SMILES string of the molecule is CC(=O)c1ccc(-c2cc(Br)cc(C(F)(F)F)c2)s1. The summed E-state index contributed by atoms with van der Waals surface area (Å²) in [4.78, 5) is 12.4. The monoisotopic (exact) mass is 348 g/mol. The second-order valence-corrected chi connectivity index (χ2v) is 5.95. The molecular formula is C13H8BrF3OS. The second kappa shape index (κ2) is 5.09. The Morgan fingerprint density at radius 3 is 2.42 bits per heavy atom. The average molecular weight is 349 g/mol. The fraction of sp³-hybridized carbons (Fsp3) is 0.154. The smallest absolute Gasteiger partial charge is 0.294 e. The molecule has 0 radical (unpaired) electrons. The van der Waals surface area contributed by atoms with Crippen molar-refractivity contribution in [3.63, 3.8) is 0 Å². The van der Waals surface area contributed by atoms with E-state index in [2.05, 4.69) is 15.9 Å². The summed E-state index contributed by atoms with van der Waals surface area (Å²) >= 11 is 4.26. The molecule has 0 atom stereocenters. The first-order chi connectivity index (χ1) is 8.77. The lowest BCUT2D eigenvalue weighted by Crippen LogP contribution is -2.04. The molecule has 100 valence electrons. The van der Waals surface area contributed by atoms with Gasteiger partial charge in [0.05, 0.1) is 10.4 Å². The first kappa shape index (κ1) is 14.3. The van der Waals surface area contributed by atoms with Crippen LogP contribution in [0.4, 0.5) is 13.2 Å². The highest BCUT2D eigenvalue weighted by Crippen LogP contribution is 2.36. The highest BCUT2D eigenvalue weighted by atomic mass is 79.9. The van der Waals surface area contributed by atoms with Gasteiger partial charge in [-0.3, -0.25) is 4.79 Å². The van der Waals surface area contributed by atoms with Crippen LogP contribution in [0, 0.1) is 0 Å². The molecule has 2 rings (SSSR count). The van der Waals surface area contributed by atoms with Gasteiger partial charge in [0.1, 0.15) is 0 Å². The Labute approximate surface area is 120 Å². The summed E-state index contributed by atoms with van der Waals surface area (Å²) in [5.74, 6) is -0.0951. The Bertz CT molecular complexity index is 631. The molecule has 0 aliphatic heterocycles. The van der Waals surface area contributed by atoms with Gasteiger partial charge in [-0.15, -0.1) is 11.3 Å². The average Bonchev–Trinajstić information content (AvgIpc) is 2.76. The fourth-order valence-corrected chi connectivity index (χ4v) is 2.96. The van der Waals surface area contributed by atoms with Crippen molar-refractivity contribution in [3.05, 3.63) is 45.2 Å². The van der Waals surface area contributed by atoms with E-state index < -0.39 is 11.7 Å². The van der Waals surface area contributed by atoms with E-state index in [1.807, 2.05) is 0 Å². The van der Waals surface area contributed by atoms with Crippen LogP contribution >= 0.6 is 27.3 Å². The molecule has 6 heteroatoms. The minimum absolute atomic E-state index is 0.0951. The molecule has 0 fully saturated rings. The van der Waals surface area contributed by atoms with Gasteiger partial charge in [0.2, 0.25) is 0 Å². The third-order valence-corrected chi connectivity index (χ3v) is 4.16. The zero-order chi connectivity index (χ0) is 14.2. The van der Waals surface area contributed by atoms with Crippen molar-refractivity contribution >= 4 is 33.0 Å². The number of carbonyl (C=O) groups is 1. The van der Waals surface area contributed by atoms with E-state index in [9.17, 15) is 18.0 Å². The molecular weight excluding hydrogens is 341 g/mol. The zero-order valence-corrected chi connectivity index (χ0v) is 12.1. The predicted molar refractivity (Wildman–Crippen MR) is 72.5 cm³/mol. The molecule has 1 nitrogen and oxygen atoms in total. The summed E-state index contributed by atoms with van der Waals surface area (Å²) in [6.45, 7) is 1.43. The third-order valence-electron chi connectivity index (χ3n) is 2.46. The predicted octanol–water partition coefficient (Wildman–Crippen LogP) is 5.40. The molecule has 2 aromatic rings. The molecule has 0 aliphatic carbocycles. The first-order valence-electron chi connectivity index (χ1n) is 5.26. The van der Waals surface area contributed by atoms with Gasteiger partial charge in [0.25, 0.3) is 0 Å². The van der Waals surface area contributed by atoms with E-state index >= 15 is 0 Å². The van der Waals surface area contributed by atoms with E-state index in [4.69, 9.17) is 0 Å². The van der Waals surface area contributed by atoms with Crippen molar-refractivity contribution < 1.29 is 18.0 Å². The number of hydrogen-bond acceptors (Lipinski definition) is 2. The topological polar surface area (TPSA) is 17.1 Å². The lowest BCUT2D eigenvalue weighted by Gasteiger charge is -2.09. The van der Waals surface area contributed by atoms with E-state index in [-0.39, 0.29) is 5.78 Å². The van der Waals surface area contributed by atoms with Gasteiger partial charge >= 0.3 is 6.18 Å². The number of carbonyl (C=O) groups excluding carboxylic acids is 1. The standard InChI is InChI=1S/C13H8BrF3OS/c1-7(18)11-2-3-12(19-11)8-4-9(13(15,16)17)6-10(14)5-8/h2-6H,1H3. The first-order valence-corrected chi connectivity index (χ1v) is 6.87. The van der Waals surface area contributed by atoms with Gasteiger partial charge in [-0.2, -0.15) is 13.2 Å². The summed E-state index contributed by atoms with van der Waals surface area (Å²) in [5.41, 5.74) is -0.270. The van der Waals surface area contributed by atoms with Crippen LogP contribution in [0.5, 0.6) is 0 Å². The Morgan fingerprint density at radius 1 is 1.21 bits per heavy atom. The molecule has 0 saturated carbocycles. The maximum absolute atomic E-state index is 12.7. The van der Waals surface area contributed by atoms with Gasteiger partial charge in [-0.05, 0) is 42.8 Å². The molecule has 0 amide bonds. The highest BCUT2D eigenvalue weighted by molar-refractivity contribution is 9.10. The minimum Gasteiger partial charge on any atom is -0.294 e. The highest BCUT2D eigenvalue weighted by Gasteiger charge is 2.31. The normalized spacial score (nSPS) is 11.6. The van der Waals surface area contributed by atoms with Crippen molar-refractivity contribution in [2.24, 2.45) is 0 Å². The van der Waals surface area contributed by atoms with Crippen molar-refractivity contribution in [2.45, 2.75) is 13.1 Å². The summed E-state index contributed by atoms with van der Waals surface area (Å²) in [5, 5.41) is 0. The third kappa shape index (κ3) is 3.25. The largest absolute Gasteiger partial charge is 0.416 e. The van der Waals surface area contributed by atoms with E-state index in [1.165, 1.54) is 18.3 Å². The van der Waals surface area contributed by atoms with Gasteiger partial charge in [-0.25, -0.2) is 0 Å². The minimum atomic E-state index is -4.39. The lowest BCUT2D eigenvalue weighted by atomic mass is 10.1. The number of alkyl halides is 3. The van der Waals surface area contributed by atoms with E-state index in [1.54, 1.807) is 18.2 Å². The quantitative estimate of drug-likeness (QED) is 0.664. The van der Waals surface area contributed by atoms with Gasteiger partial charge < -0.3 is 0 Å². The molecule has 0 bridgehead atoms. The van der Waals surface area contributed by atoms with Crippen molar-refractivity contribution in [1.29, 1.82) is 0 Å². The van der Waals surface area contributed by atoms with Crippen LogP contribution in [-0.4, -0.2) is 5.78 Å². The van der Waals surface area contributed by atoms with Crippen LogP contribution in [-0.2, 0) is 6.18 Å². The summed E-state index contributed by atoms with van der Waals surface area (Å²) in [7, 11) is 0. The molecule has 0 saturated heterocycles. The van der Waals surface area contributed by atoms with Crippen LogP contribution in [0.2, 0.25) is 0 Å². The van der Waals surface area contributed by atoms with Crippen LogP contribution in [0.3, 0.4) is 0 Å². The second-order valence-electron chi connectivity index (χ2n) is 3.95.